The normalized spacial score (nSPS) is 15.2. The van der Waals surface area contributed by atoms with Crippen molar-refractivity contribution in [1.29, 1.82) is 0 Å². The van der Waals surface area contributed by atoms with Crippen LogP contribution in [0.1, 0.15) is 64.2 Å². The van der Waals surface area contributed by atoms with Gasteiger partial charge in [0.1, 0.15) is 5.84 Å². The van der Waals surface area contributed by atoms with Gasteiger partial charge in [-0.15, -0.1) is 0 Å². The summed E-state index contributed by atoms with van der Waals surface area (Å²) < 4.78 is 53.5. The van der Waals surface area contributed by atoms with Crippen LogP contribution in [0.2, 0.25) is 0 Å². The van der Waals surface area contributed by atoms with Crippen LogP contribution >= 0.6 is 0 Å². The number of carbonyl (C=O) groups is 2. The fourth-order valence-electron chi connectivity index (χ4n) is 4.79. The molecule has 0 atom stereocenters. The van der Waals surface area contributed by atoms with E-state index >= 15 is 0 Å². The number of ether oxygens (including phenoxy) is 2. The van der Waals surface area contributed by atoms with Gasteiger partial charge in [0.05, 0.1) is 35.8 Å². The first-order valence-electron chi connectivity index (χ1n) is 13.3. The van der Waals surface area contributed by atoms with E-state index in [1.807, 2.05) is 44.2 Å². The SMILES string of the molecule is CCOC(=O)C1=C(C)N(C(=NCC(C)C)c2ccccc2)C(C)=C(C(=O)OCC)C1c1ccccc1C(F)(F)F. The predicted octanol–water partition coefficient (Wildman–Crippen LogP) is 6.88. The maximum Gasteiger partial charge on any atom is 0.416 e. The molecule has 0 amide bonds. The van der Waals surface area contributed by atoms with Crippen molar-refractivity contribution >= 4 is 17.8 Å². The summed E-state index contributed by atoms with van der Waals surface area (Å²) in [6.45, 7) is 10.9. The second-order valence-electron chi connectivity index (χ2n) is 9.72. The third kappa shape index (κ3) is 6.46. The van der Waals surface area contributed by atoms with E-state index in [0.29, 0.717) is 29.3 Å². The molecule has 2 aromatic carbocycles. The number of amidine groups is 1. The lowest BCUT2D eigenvalue weighted by molar-refractivity contribution is -0.142. The highest BCUT2D eigenvalue weighted by molar-refractivity contribution is 6.06. The average molecular weight is 557 g/mol. The van der Waals surface area contributed by atoms with Gasteiger partial charge >= 0.3 is 18.1 Å². The zero-order valence-electron chi connectivity index (χ0n) is 23.6. The Morgan fingerprint density at radius 1 is 0.875 bits per heavy atom. The van der Waals surface area contributed by atoms with Crippen molar-refractivity contribution in [3.8, 4) is 0 Å². The zero-order chi connectivity index (χ0) is 29.6. The molecule has 9 heteroatoms. The van der Waals surface area contributed by atoms with E-state index in [0.717, 1.165) is 6.07 Å². The van der Waals surface area contributed by atoms with E-state index in [4.69, 9.17) is 14.5 Å². The quantitative estimate of drug-likeness (QED) is 0.201. The molecule has 214 valence electrons. The van der Waals surface area contributed by atoms with Crippen LogP contribution in [-0.2, 0) is 25.2 Å². The first-order chi connectivity index (χ1) is 18.9. The molecule has 0 fully saturated rings. The molecule has 40 heavy (non-hydrogen) atoms. The number of carbonyl (C=O) groups excluding carboxylic acids is 2. The smallest absolute Gasteiger partial charge is 0.416 e. The molecule has 0 N–H and O–H groups in total. The molecule has 0 unspecified atom stereocenters. The molecule has 0 spiro atoms. The summed E-state index contributed by atoms with van der Waals surface area (Å²) in [6.07, 6.45) is -4.73. The second kappa shape index (κ2) is 13.0. The van der Waals surface area contributed by atoms with E-state index in [2.05, 4.69) is 0 Å². The summed E-state index contributed by atoms with van der Waals surface area (Å²) in [5, 5.41) is 0. The summed E-state index contributed by atoms with van der Waals surface area (Å²) >= 11 is 0. The monoisotopic (exact) mass is 556 g/mol. The largest absolute Gasteiger partial charge is 0.463 e. The van der Waals surface area contributed by atoms with Crippen LogP contribution in [0.15, 0.2) is 82.1 Å². The minimum atomic E-state index is -4.73. The van der Waals surface area contributed by atoms with Crippen LogP contribution in [0.3, 0.4) is 0 Å². The Labute approximate surface area is 233 Å². The highest BCUT2D eigenvalue weighted by Crippen LogP contribution is 2.47. The molecule has 0 radical (unpaired) electrons. The van der Waals surface area contributed by atoms with Gasteiger partial charge in [-0.25, -0.2) is 9.59 Å². The Bertz CT molecular complexity index is 1290. The first-order valence-corrected chi connectivity index (χ1v) is 13.3. The van der Waals surface area contributed by atoms with Gasteiger partial charge in [0.15, 0.2) is 0 Å². The standard InChI is InChI=1S/C31H35F3N2O4/c1-7-39-29(37)25-20(5)36(28(35-18-19(3)4)22-14-10-9-11-15-22)21(6)26(30(38)40-8-2)27(25)23-16-12-13-17-24(23)31(32,33)34/h9-17,19,27H,7-8,18H2,1-6H3. The van der Waals surface area contributed by atoms with Gasteiger partial charge in [0, 0.05) is 23.5 Å². The molecule has 6 nitrogen and oxygen atoms in total. The van der Waals surface area contributed by atoms with Crippen LogP contribution in [0, 0.1) is 5.92 Å². The number of esters is 2. The molecule has 2 aromatic rings. The number of hydrogen-bond donors (Lipinski definition) is 0. The topological polar surface area (TPSA) is 68.2 Å². The number of allylic oxidation sites excluding steroid dienone is 2. The highest BCUT2D eigenvalue weighted by Gasteiger charge is 2.45. The fourth-order valence-corrected chi connectivity index (χ4v) is 4.79. The lowest BCUT2D eigenvalue weighted by atomic mass is 9.77. The molecule has 0 saturated heterocycles. The average Bonchev–Trinajstić information content (AvgIpc) is 2.90. The summed E-state index contributed by atoms with van der Waals surface area (Å²) in [4.78, 5) is 33.6. The summed E-state index contributed by atoms with van der Waals surface area (Å²) in [7, 11) is 0. The number of alkyl halides is 3. The van der Waals surface area contributed by atoms with Crippen LogP contribution < -0.4 is 0 Å². The van der Waals surface area contributed by atoms with Gasteiger partial charge in [0.25, 0.3) is 0 Å². The van der Waals surface area contributed by atoms with E-state index in [1.54, 1.807) is 32.6 Å². The van der Waals surface area contributed by atoms with Gasteiger partial charge in [-0.2, -0.15) is 13.2 Å². The van der Waals surface area contributed by atoms with E-state index < -0.39 is 29.6 Å². The molecule has 0 aliphatic carbocycles. The van der Waals surface area contributed by atoms with Crippen molar-refractivity contribution in [1.82, 2.24) is 4.90 Å². The van der Waals surface area contributed by atoms with Crippen LogP contribution in [0.4, 0.5) is 13.2 Å². The van der Waals surface area contributed by atoms with E-state index in [1.165, 1.54) is 18.2 Å². The van der Waals surface area contributed by atoms with Gasteiger partial charge in [0.2, 0.25) is 0 Å². The van der Waals surface area contributed by atoms with Crippen molar-refractivity contribution < 1.29 is 32.2 Å². The van der Waals surface area contributed by atoms with Crippen molar-refractivity contribution in [2.45, 2.75) is 53.6 Å². The number of hydrogen-bond acceptors (Lipinski definition) is 5. The Morgan fingerprint density at radius 2 is 1.38 bits per heavy atom. The van der Waals surface area contributed by atoms with Gasteiger partial charge in [-0.3, -0.25) is 4.99 Å². The van der Waals surface area contributed by atoms with Gasteiger partial charge in [-0.05, 0) is 45.2 Å². The number of nitrogens with zero attached hydrogens (tertiary/aromatic N) is 2. The molecule has 0 bridgehead atoms. The van der Waals surface area contributed by atoms with Crippen molar-refractivity contribution in [2.24, 2.45) is 10.9 Å². The Morgan fingerprint density at radius 3 is 1.85 bits per heavy atom. The molecule has 1 aliphatic rings. The van der Waals surface area contributed by atoms with Gasteiger partial charge in [-0.1, -0.05) is 62.4 Å². The van der Waals surface area contributed by atoms with Crippen molar-refractivity contribution in [3.63, 3.8) is 0 Å². The fraction of sp³-hybridized carbons (Fsp3) is 0.387. The Hall–Kier alpha value is -3.88. The summed E-state index contributed by atoms with van der Waals surface area (Å²) in [5.74, 6) is -2.38. The third-order valence-corrected chi connectivity index (χ3v) is 6.45. The third-order valence-electron chi connectivity index (χ3n) is 6.45. The molecular formula is C31H35F3N2O4. The van der Waals surface area contributed by atoms with Gasteiger partial charge < -0.3 is 14.4 Å². The first kappa shape index (κ1) is 30.7. The minimum absolute atomic E-state index is 0.00628. The predicted molar refractivity (Wildman–Crippen MR) is 147 cm³/mol. The second-order valence-corrected chi connectivity index (χ2v) is 9.72. The molecule has 0 aromatic heterocycles. The minimum Gasteiger partial charge on any atom is -0.463 e. The summed E-state index contributed by atoms with van der Waals surface area (Å²) in [5.41, 5.74) is -0.00733. The number of halogens is 3. The molecule has 0 saturated carbocycles. The molecule has 3 rings (SSSR count). The highest BCUT2D eigenvalue weighted by atomic mass is 19.4. The number of aliphatic imine (C=N–C) groups is 1. The number of rotatable bonds is 8. The van der Waals surface area contributed by atoms with E-state index in [-0.39, 0.29) is 35.8 Å². The van der Waals surface area contributed by atoms with Crippen LogP contribution in [-0.4, -0.2) is 42.4 Å². The molecule has 1 aliphatic heterocycles. The lowest BCUT2D eigenvalue weighted by Crippen LogP contribution is -2.39. The summed E-state index contributed by atoms with van der Waals surface area (Å²) in [6, 6.07) is 14.2. The number of benzene rings is 2. The Kier molecular flexibility index (Phi) is 9.95. The molecular weight excluding hydrogens is 521 g/mol. The van der Waals surface area contributed by atoms with Crippen molar-refractivity contribution in [2.75, 3.05) is 19.8 Å². The molecule has 1 heterocycles. The van der Waals surface area contributed by atoms with Crippen molar-refractivity contribution in [3.05, 3.63) is 93.8 Å². The zero-order valence-corrected chi connectivity index (χ0v) is 23.6. The van der Waals surface area contributed by atoms with Crippen LogP contribution in [0.25, 0.3) is 0 Å². The van der Waals surface area contributed by atoms with Crippen LogP contribution in [0.5, 0.6) is 0 Å². The van der Waals surface area contributed by atoms with E-state index in [9.17, 15) is 22.8 Å². The Balaban J connectivity index is 2.45. The maximum atomic E-state index is 14.3. The lowest BCUT2D eigenvalue weighted by Gasteiger charge is -2.39. The maximum absolute atomic E-state index is 14.3.